The van der Waals surface area contributed by atoms with E-state index in [9.17, 15) is 13.2 Å². The van der Waals surface area contributed by atoms with E-state index in [1.165, 1.54) is 10.4 Å². The van der Waals surface area contributed by atoms with E-state index in [1.807, 2.05) is 0 Å². The van der Waals surface area contributed by atoms with Crippen LogP contribution in [0.1, 0.15) is 42.6 Å². The molecule has 1 aliphatic carbocycles. The number of nitrogens with one attached hydrogen (secondary N) is 1. The molecule has 6 nitrogen and oxygen atoms in total. The molecule has 0 aromatic heterocycles. The predicted octanol–water partition coefficient (Wildman–Crippen LogP) is 1.91. The third kappa shape index (κ3) is 4.94. The lowest BCUT2D eigenvalue weighted by atomic mass is 10.1. The molecular weight excluding hydrogens is 362 g/mol. The Balaban J connectivity index is 0.00000312. The van der Waals surface area contributed by atoms with Crippen molar-refractivity contribution in [2.45, 2.75) is 44.6 Å². The second kappa shape index (κ2) is 8.98. The van der Waals surface area contributed by atoms with Crippen LogP contribution in [0.2, 0.25) is 0 Å². The van der Waals surface area contributed by atoms with Crippen molar-refractivity contribution in [2.24, 2.45) is 11.7 Å². The Morgan fingerprint density at radius 1 is 1.32 bits per heavy atom. The number of sulfonamides is 1. The molecule has 1 unspecified atom stereocenters. The number of rotatable bonds is 8. The van der Waals surface area contributed by atoms with Gasteiger partial charge in [-0.05, 0) is 43.4 Å². The minimum Gasteiger partial charge on any atom is -0.348 e. The van der Waals surface area contributed by atoms with Crippen LogP contribution in [0, 0.1) is 12.8 Å². The van der Waals surface area contributed by atoms with Gasteiger partial charge in [-0.15, -0.1) is 12.4 Å². The molecule has 142 valence electrons. The van der Waals surface area contributed by atoms with Crippen molar-refractivity contribution in [3.05, 3.63) is 29.3 Å². The highest BCUT2D eigenvalue weighted by Gasteiger charge is 2.32. The zero-order chi connectivity index (χ0) is 17.9. The Labute approximate surface area is 156 Å². The molecule has 1 aromatic rings. The zero-order valence-corrected chi connectivity index (χ0v) is 16.6. The molecule has 0 spiro atoms. The molecule has 1 amide bonds. The van der Waals surface area contributed by atoms with Gasteiger partial charge in [-0.25, -0.2) is 8.42 Å². The van der Waals surface area contributed by atoms with Gasteiger partial charge < -0.3 is 11.1 Å². The first-order chi connectivity index (χ1) is 11.3. The molecule has 1 atom stereocenters. The smallest absolute Gasteiger partial charge is 0.251 e. The number of nitrogens with two attached hydrogens (primary N) is 1. The van der Waals surface area contributed by atoms with Gasteiger partial charge in [0, 0.05) is 31.2 Å². The largest absolute Gasteiger partial charge is 0.348 e. The Morgan fingerprint density at radius 3 is 2.40 bits per heavy atom. The molecular formula is C17H28ClN3O3S. The molecule has 1 saturated carbocycles. The fourth-order valence-corrected chi connectivity index (χ4v) is 4.55. The van der Waals surface area contributed by atoms with E-state index >= 15 is 0 Å². The van der Waals surface area contributed by atoms with Gasteiger partial charge in [-0.1, -0.05) is 19.9 Å². The first-order valence-electron chi connectivity index (χ1n) is 8.46. The molecule has 8 heteroatoms. The third-order valence-electron chi connectivity index (χ3n) is 4.54. The van der Waals surface area contributed by atoms with Gasteiger partial charge in [0.05, 0.1) is 4.90 Å². The lowest BCUT2D eigenvalue weighted by molar-refractivity contribution is 0.0933. The summed E-state index contributed by atoms with van der Waals surface area (Å²) in [7, 11) is -3.60. The Bertz CT molecular complexity index is 701. The molecule has 2 rings (SSSR count). The maximum atomic E-state index is 12.8. The van der Waals surface area contributed by atoms with Gasteiger partial charge in [0.15, 0.2) is 0 Å². The molecule has 0 radical (unpaired) electrons. The van der Waals surface area contributed by atoms with Crippen molar-refractivity contribution in [2.75, 3.05) is 19.6 Å². The van der Waals surface area contributed by atoms with E-state index in [0.717, 1.165) is 12.8 Å². The van der Waals surface area contributed by atoms with E-state index < -0.39 is 10.0 Å². The molecule has 25 heavy (non-hydrogen) atoms. The van der Waals surface area contributed by atoms with Gasteiger partial charge in [0.25, 0.3) is 5.91 Å². The SMILES string of the molecule is CCN(CC)S(=O)(=O)c1cc(C(=O)NC(CN)C2CC2)ccc1C.Cl. The van der Waals surface area contributed by atoms with Crippen LogP contribution < -0.4 is 11.1 Å². The van der Waals surface area contributed by atoms with Crippen molar-refractivity contribution in [3.63, 3.8) is 0 Å². The van der Waals surface area contributed by atoms with Gasteiger partial charge in [-0.3, -0.25) is 4.79 Å². The topological polar surface area (TPSA) is 92.5 Å². The number of hydrogen-bond acceptors (Lipinski definition) is 4. The average molecular weight is 390 g/mol. The van der Waals surface area contributed by atoms with E-state index in [2.05, 4.69) is 5.32 Å². The van der Waals surface area contributed by atoms with E-state index in [4.69, 9.17) is 5.73 Å². The summed E-state index contributed by atoms with van der Waals surface area (Å²) in [6, 6.07) is 4.77. The monoisotopic (exact) mass is 389 g/mol. The maximum absolute atomic E-state index is 12.8. The summed E-state index contributed by atoms with van der Waals surface area (Å²) in [5, 5.41) is 2.93. The molecule has 1 aliphatic rings. The predicted molar refractivity (Wildman–Crippen MR) is 102 cm³/mol. The van der Waals surface area contributed by atoms with Gasteiger partial charge in [0.1, 0.15) is 0 Å². The van der Waals surface area contributed by atoms with Crippen molar-refractivity contribution in [1.29, 1.82) is 0 Å². The van der Waals surface area contributed by atoms with E-state index in [-0.39, 0.29) is 29.3 Å². The lowest BCUT2D eigenvalue weighted by Crippen LogP contribution is -2.41. The van der Waals surface area contributed by atoms with Crippen LogP contribution in [0.25, 0.3) is 0 Å². The Hall–Kier alpha value is -1.15. The van der Waals surface area contributed by atoms with Crippen LogP contribution in [0.15, 0.2) is 23.1 Å². The molecule has 0 saturated heterocycles. The first-order valence-corrected chi connectivity index (χ1v) is 9.90. The maximum Gasteiger partial charge on any atom is 0.251 e. The number of amides is 1. The first kappa shape index (κ1) is 21.9. The highest BCUT2D eigenvalue weighted by atomic mass is 35.5. The normalized spacial score (nSPS) is 15.6. The van der Waals surface area contributed by atoms with Crippen molar-refractivity contribution in [3.8, 4) is 0 Å². The summed E-state index contributed by atoms with van der Waals surface area (Å²) in [6.07, 6.45) is 2.16. The summed E-state index contributed by atoms with van der Waals surface area (Å²) in [5.41, 5.74) is 6.71. The fourth-order valence-electron chi connectivity index (χ4n) is 2.84. The standard InChI is InChI=1S/C17H27N3O3S.ClH/c1-4-20(5-2)24(22,23)16-10-14(7-6-12(16)3)17(21)19-15(11-18)13-8-9-13;/h6-7,10,13,15H,4-5,8-9,11,18H2,1-3H3,(H,19,21);1H. The number of benzene rings is 1. The number of aryl methyl sites for hydroxylation is 1. The zero-order valence-electron chi connectivity index (χ0n) is 15.0. The molecule has 0 aliphatic heterocycles. The molecule has 3 N–H and O–H groups in total. The summed E-state index contributed by atoms with van der Waals surface area (Å²) in [6.45, 7) is 6.53. The second-order valence-corrected chi connectivity index (χ2v) is 8.13. The van der Waals surface area contributed by atoms with Gasteiger partial charge in [0.2, 0.25) is 10.0 Å². The van der Waals surface area contributed by atoms with Crippen LogP contribution in [-0.4, -0.2) is 44.3 Å². The second-order valence-electron chi connectivity index (χ2n) is 6.22. The van der Waals surface area contributed by atoms with Crippen molar-refractivity contribution < 1.29 is 13.2 Å². The Kier molecular flexibility index (Phi) is 7.87. The lowest BCUT2D eigenvalue weighted by Gasteiger charge is -2.21. The average Bonchev–Trinajstić information content (AvgIpc) is 3.38. The number of halogens is 1. The number of hydrogen-bond donors (Lipinski definition) is 2. The summed E-state index contributed by atoms with van der Waals surface area (Å²) < 4.78 is 26.9. The highest BCUT2D eigenvalue weighted by Crippen LogP contribution is 2.32. The van der Waals surface area contributed by atoms with E-state index in [1.54, 1.807) is 32.9 Å². The summed E-state index contributed by atoms with van der Waals surface area (Å²) in [5.74, 6) is 0.177. The van der Waals surface area contributed by atoms with Gasteiger partial charge >= 0.3 is 0 Å². The van der Waals surface area contributed by atoms with Crippen LogP contribution >= 0.6 is 12.4 Å². The van der Waals surface area contributed by atoms with Crippen LogP contribution in [-0.2, 0) is 10.0 Å². The molecule has 0 bridgehead atoms. The quantitative estimate of drug-likeness (QED) is 0.710. The fraction of sp³-hybridized carbons (Fsp3) is 0.588. The van der Waals surface area contributed by atoms with Crippen LogP contribution in [0.3, 0.4) is 0 Å². The van der Waals surface area contributed by atoms with E-state index in [0.29, 0.717) is 36.7 Å². The minimum atomic E-state index is -3.60. The minimum absolute atomic E-state index is 0. The van der Waals surface area contributed by atoms with Gasteiger partial charge in [-0.2, -0.15) is 4.31 Å². The number of carbonyl (C=O) groups is 1. The van der Waals surface area contributed by atoms with Crippen molar-refractivity contribution >= 4 is 28.3 Å². The van der Waals surface area contributed by atoms with Crippen LogP contribution in [0.5, 0.6) is 0 Å². The molecule has 1 fully saturated rings. The molecule has 0 heterocycles. The third-order valence-corrected chi connectivity index (χ3v) is 6.73. The Morgan fingerprint density at radius 2 is 1.92 bits per heavy atom. The summed E-state index contributed by atoms with van der Waals surface area (Å²) >= 11 is 0. The molecule has 1 aromatic carbocycles. The van der Waals surface area contributed by atoms with Crippen molar-refractivity contribution in [1.82, 2.24) is 9.62 Å². The van der Waals surface area contributed by atoms with Crippen LogP contribution in [0.4, 0.5) is 0 Å². The number of carbonyl (C=O) groups excluding carboxylic acids is 1. The number of nitrogens with zero attached hydrogens (tertiary/aromatic N) is 1. The highest BCUT2D eigenvalue weighted by molar-refractivity contribution is 7.89. The summed E-state index contributed by atoms with van der Waals surface area (Å²) in [4.78, 5) is 12.7.